The number of rotatable bonds is 4. The van der Waals surface area contributed by atoms with Gasteiger partial charge in [0.1, 0.15) is 23.8 Å². The lowest BCUT2D eigenvalue weighted by atomic mass is 10.0. The number of aromatic nitrogens is 5. The molecule has 0 N–H and O–H groups in total. The fourth-order valence-electron chi connectivity index (χ4n) is 3.29. The summed E-state index contributed by atoms with van der Waals surface area (Å²) in [4.78, 5) is 29.8. The SMILES string of the molecule is Cc1nc(C)n(CC(C)C(=O)N2CCc3c(ncnc3N(C)C)C2)n1. The van der Waals surface area contributed by atoms with Gasteiger partial charge in [-0.3, -0.25) is 4.79 Å². The fraction of sp³-hybridized carbons (Fsp3) is 0.588. The van der Waals surface area contributed by atoms with Gasteiger partial charge in [-0.25, -0.2) is 19.6 Å². The minimum Gasteiger partial charge on any atom is -0.362 e. The Balaban J connectivity index is 1.72. The van der Waals surface area contributed by atoms with Crippen molar-refractivity contribution in [3.05, 3.63) is 29.2 Å². The van der Waals surface area contributed by atoms with Crippen LogP contribution in [0.15, 0.2) is 6.33 Å². The number of hydrogen-bond acceptors (Lipinski definition) is 6. The predicted molar refractivity (Wildman–Crippen MR) is 94.1 cm³/mol. The molecule has 3 heterocycles. The molecule has 134 valence electrons. The van der Waals surface area contributed by atoms with Crippen molar-refractivity contribution in [1.82, 2.24) is 29.6 Å². The van der Waals surface area contributed by atoms with Crippen molar-refractivity contribution in [1.29, 1.82) is 0 Å². The third kappa shape index (κ3) is 3.47. The molecule has 1 aliphatic rings. The second-order valence-corrected chi connectivity index (χ2v) is 6.82. The van der Waals surface area contributed by atoms with E-state index in [0.29, 0.717) is 19.6 Å². The molecule has 8 heteroatoms. The lowest BCUT2D eigenvalue weighted by molar-refractivity contribution is -0.136. The number of fused-ring (bicyclic) bond motifs is 1. The monoisotopic (exact) mass is 343 g/mol. The highest BCUT2D eigenvalue weighted by molar-refractivity contribution is 5.78. The molecule has 0 aromatic carbocycles. The van der Waals surface area contributed by atoms with Crippen LogP contribution in [0.3, 0.4) is 0 Å². The number of aryl methyl sites for hydroxylation is 2. The van der Waals surface area contributed by atoms with Crippen molar-refractivity contribution in [2.45, 2.75) is 40.3 Å². The van der Waals surface area contributed by atoms with E-state index in [-0.39, 0.29) is 11.8 Å². The van der Waals surface area contributed by atoms with Crippen molar-refractivity contribution in [3.63, 3.8) is 0 Å². The molecule has 1 atom stereocenters. The molecule has 1 amide bonds. The zero-order valence-electron chi connectivity index (χ0n) is 15.5. The van der Waals surface area contributed by atoms with E-state index in [1.807, 2.05) is 49.3 Å². The molecule has 2 aromatic rings. The van der Waals surface area contributed by atoms with Gasteiger partial charge in [-0.1, -0.05) is 6.92 Å². The third-order valence-corrected chi connectivity index (χ3v) is 4.55. The molecule has 1 aliphatic heterocycles. The normalized spacial score (nSPS) is 15.0. The van der Waals surface area contributed by atoms with Crippen LogP contribution in [-0.4, -0.2) is 56.2 Å². The number of amides is 1. The van der Waals surface area contributed by atoms with Crippen LogP contribution in [0.5, 0.6) is 0 Å². The predicted octanol–water partition coefficient (Wildman–Crippen LogP) is 0.972. The van der Waals surface area contributed by atoms with Crippen LogP contribution >= 0.6 is 0 Å². The summed E-state index contributed by atoms with van der Waals surface area (Å²) >= 11 is 0. The molecule has 0 bridgehead atoms. The minimum absolute atomic E-state index is 0.128. The zero-order valence-corrected chi connectivity index (χ0v) is 15.5. The van der Waals surface area contributed by atoms with Crippen molar-refractivity contribution in [2.24, 2.45) is 5.92 Å². The quantitative estimate of drug-likeness (QED) is 0.823. The summed E-state index contributed by atoms with van der Waals surface area (Å²) in [5.41, 5.74) is 2.09. The van der Waals surface area contributed by atoms with Crippen molar-refractivity contribution < 1.29 is 4.79 Å². The Hall–Kier alpha value is -2.51. The van der Waals surface area contributed by atoms with Gasteiger partial charge >= 0.3 is 0 Å². The number of anilines is 1. The van der Waals surface area contributed by atoms with Gasteiger partial charge in [0, 0.05) is 26.2 Å². The molecule has 0 aliphatic carbocycles. The van der Waals surface area contributed by atoms with E-state index in [4.69, 9.17) is 0 Å². The van der Waals surface area contributed by atoms with Crippen LogP contribution < -0.4 is 4.90 Å². The Labute approximate surface area is 147 Å². The minimum atomic E-state index is -0.156. The zero-order chi connectivity index (χ0) is 18.1. The largest absolute Gasteiger partial charge is 0.362 e. The number of carbonyl (C=O) groups is 1. The lowest BCUT2D eigenvalue weighted by Gasteiger charge is -2.31. The summed E-state index contributed by atoms with van der Waals surface area (Å²) in [6, 6.07) is 0. The van der Waals surface area contributed by atoms with E-state index in [1.54, 1.807) is 6.33 Å². The van der Waals surface area contributed by atoms with Crippen molar-refractivity contribution in [2.75, 3.05) is 25.5 Å². The maximum atomic E-state index is 12.9. The topological polar surface area (TPSA) is 80.0 Å². The first kappa shape index (κ1) is 17.3. The van der Waals surface area contributed by atoms with Crippen LogP contribution in [0.25, 0.3) is 0 Å². The van der Waals surface area contributed by atoms with Gasteiger partial charge in [0.2, 0.25) is 5.91 Å². The van der Waals surface area contributed by atoms with Crippen LogP contribution in [0.1, 0.15) is 29.8 Å². The molecule has 0 saturated heterocycles. The third-order valence-electron chi connectivity index (χ3n) is 4.55. The smallest absolute Gasteiger partial charge is 0.227 e. The van der Waals surface area contributed by atoms with Gasteiger partial charge < -0.3 is 9.80 Å². The summed E-state index contributed by atoms with van der Waals surface area (Å²) in [6.07, 6.45) is 2.36. The molecule has 2 aromatic heterocycles. The molecule has 25 heavy (non-hydrogen) atoms. The second-order valence-electron chi connectivity index (χ2n) is 6.82. The van der Waals surface area contributed by atoms with Crippen molar-refractivity contribution >= 4 is 11.7 Å². The average molecular weight is 343 g/mol. The maximum absolute atomic E-state index is 12.9. The molecule has 0 fully saturated rings. The number of hydrogen-bond donors (Lipinski definition) is 0. The first-order valence-electron chi connectivity index (χ1n) is 8.53. The first-order chi connectivity index (χ1) is 11.9. The Kier molecular flexibility index (Phi) is 4.69. The Morgan fingerprint density at radius 2 is 2.08 bits per heavy atom. The van der Waals surface area contributed by atoms with Crippen LogP contribution in [-0.2, 0) is 24.3 Å². The lowest BCUT2D eigenvalue weighted by Crippen LogP contribution is -2.41. The van der Waals surface area contributed by atoms with Crippen LogP contribution in [0.2, 0.25) is 0 Å². The van der Waals surface area contributed by atoms with E-state index < -0.39 is 0 Å². The molecule has 0 radical (unpaired) electrons. The Morgan fingerprint density at radius 3 is 2.72 bits per heavy atom. The molecular formula is C17H25N7O. The Morgan fingerprint density at radius 1 is 1.32 bits per heavy atom. The Bertz CT molecular complexity index is 783. The summed E-state index contributed by atoms with van der Waals surface area (Å²) in [5.74, 6) is 2.49. The summed E-state index contributed by atoms with van der Waals surface area (Å²) in [7, 11) is 3.95. The van der Waals surface area contributed by atoms with Gasteiger partial charge in [0.15, 0.2) is 0 Å². The molecule has 8 nitrogen and oxygen atoms in total. The van der Waals surface area contributed by atoms with E-state index in [2.05, 4.69) is 20.1 Å². The average Bonchev–Trinajstić information content (AvgIpc) is 2.90. The fourth-order valence-corrected chi connectivity index (χ4v) is 3.29. The summed E-state index contributed by atoms with van der Waals surface area (Å²) in [5, 5.41) is 4.35. The maximum Gasteiger partial charge on any atom is 0.227 e. The van der Waals surface area contributed by atoms with Gasteiger partial charge in [-0.15, -0.1) is 0 Å². The number of nitrogens with zero attached hydrogens (tertiary/aromatic N) is 7. The second kappa shape index (κ2) is 6.78. The van der Waals surface area contributed by atoms with E-state index in [1.165, 1.54) is 0 Å². The number of carbonyl (C=O) groups excluding carboxylic acids is 1. The van der Waals surface area contributed by atoms with Gasteiger partial charge in [-0.2, -0.15) is 5.10 Å². The molecule has 3 rings (SSSR count). The van der Waals surface area contributed by atoms with E-state index in [9.17, 15) is 4.79 Å². The molecular weight excluding hydrogens is 318 g/mol. The molecule has 1 unspecified atom stereocenters. The van der Waals surface area contributed by atoms with Crippen LogP contribution in [0.4, 0.5) is 5.82 Å². The van der Waals surface area contributed by atoms with Gasteiger partial charge in [0.25, 0.3) is 0 Å². The highest BCUT2D eigenvalue weighted by Gasteiger charge is 2.28. The van der Waals surface area contributed by atoms with E-state index >= 15 is 0 Å². The molecule has 0 spiro atoms. The summed E-state index contributed by atoms with van der Waals surface area (Å²) < 4.78 is 1.81. The van der Waals surface area contributed by atoms with Gasteiger partial charge in [-0.05, 0) is 20.3 Å². The van der Waals surface area contributed by atoms with Crippen molar-refractivity contribution in [3.8, 4) is 0 Å². The standard InChI is InChI=1S/C17H25N7O/c1-11(8-24-13(3)20-12(2)21-24)17(25)23-7-6-14-15(9-23)18-10-19-16(14)22(4)5/h10-11H,6-9H2,1-5H3. The summed E-state index contributed by atoms with van der Waals surface area (Å²) in [6.45, 7) is 7.49. The highest BCUT2D eigenvalue weighted by atomic mass is 16.2. The van der Waals surface area contributed by atoms with E-state index in [0.717, 1.165) is 35.1 Å². The first-order valence-corrected chi connectivity index (χ1v) is 8.53. The highest BCUT2D eigenvalue weighted by Crippen LogP contribution is 2.25. The molecule has 0 saturated carbocycles. The van der Waals surface area contributed by atoms with Crippen LogP contribution in [0, 0.1) is 19.8 Å². The van der Waals surface area contributed by atoms with Gasteiger partial charge in [0.05, 0.1) is 24.7 Å².